The van der Waals surface area contributed by atoms with E-state index in [-0.39, 0.29) is 5.91 Å². The summed E-state index contributed by atoms with van der Waals surface area (Å²) in [6, 6.07) is 9.31. The van der Waals surface area contributed by atoms with E-state index in [0.717, 1.165) is 40.2 Å². The Morgan fingerprint density at radius 3 is 2.50 bits per heavy atom. The summed E-state index contributed by atoms with van der Waals surface area (Å²) in [5.41, 5.74) is 5.81. The van der Waals surface area contributed by atoms with Crippen molar-refractivity contribution in [2.45, 2.75) is 20.3 Å². The molecule has 132 valence electrons. The number of halogens is 1. The third kappa shape index (κ3) is 3.44. The summed E-state index contributed by atoms with van der Waals surface area (Å²) in [7, 11) is 1.58. The van der Waals surface area contributed by atoms with Crippen molar-refractivity contribution in [3.63, 3.8) is 0 Å². The molecule has 0 saturated heterocycles. The Labute approximate surface area is 157 Å². The van der Waals surface area contributed by atoms with Gasteiger partial charge in [0.05, 0.1) is 22.0 Å². The predicted molar refractivity (Wildman–Crippen MR) is 103 cm³/mol. The number of benzene rings is 1. The highest BCUT2D eigenvalue weighted by Gasteiger charge is 2.17. The Morgan fingerprint density at radius 1 is 1.12 bits per heavy atom. The number of aryl methyl sites for hydroxylation is 2. The van der Waals surface area contributed by atoms with Crippen molar-refractivity contribution in [1.29, 1.82) is 0 Å². The fourth-order valence-corrected chi connectivity index (χ4v) is 3.08. The van der Waals surface area contributed by atoms with Gasteiger partial charge in [0.25, 0.3) is 5.91 Å². The highest BCUT2D eigenvalue weighted by Crippen LogP contribution is 2.34. The number of hydrogen-bond donors (Lipinski definition) is 1. The van der Waals surface area contributed by atoms with Gasteiger partial charge in [0.1, 0.15) is 6.33 Å². The lowest BCUT2D eigenvalue weighted by Crippen LogP contribution is -2.18. The topological polar surface area (TPSA) is 67.8 Å². The van der Waals surface area contributed by atoms with Crippen LogP contribution in [0.5, 0.6) is 0 Å². The van der Waals surface area contributed by atoms with Crippen molar-refractivity contribution in [1.82, 2.24) is 20.3 Å². The van der Waals surface area contributed by atoms with Crippen LogP contribution in [0.4, 0.5) is 0 Å². The predicted octanol–water partition coefficient (Wildman–Crippen LogP) is 4.09. The maximum Gasteiger partial charge on any atom is 0.252 e. The van der Waals surface area contributed by atoms with E-state index in [9.17, 15) is 4.79 Å². The van der Waals surface area contributed by atoms with Crippen LogP contribution in [0.1, 0.15) is 28.7 Å². The van der Waals surface area contributed by atoms with Crippen molar-refractivity contribution in [2.24, 2.45) is 0 Å². The van der Waals surface area contributed by atoms with E-state index >= 15 is 0 Å². The molecule has 1 amide bonds. The van der Waals surface area contributed by atoms with E-state index in [1.165, 1.54) is 0 Å². The molecule has 0 aliphatic carbocycles. The first-order valence-electron chi connectivity index (χ1n) is 8.34. The van der Waals surface area contributed by atoms with E-state index in [4.69, 9.17) is 11.6 Å². The van der Waals surface area contributed by atoms with Gasteiger partial charge in [0, 0.05) is 35.6 Å². The van der Waals surface area contributed by atoms with E-state index in [1.54, 1.807) is 25.5 Å². The molecule has 0 spiro atoms. The Morgan fingerprint density at radius 2 is 1.88 bits per heavy atom. The highest BCUT2D eigenvalue weighted by molar-refractivity contribution is 6.34. The van der Waals surface area contributed by atoms with Crippen molar-refractivity contribution in [3.05, 3.63) is 64.8 Å². The number of nitrogens with one attached hydrogen (secondary N) is 1. The number of carbonyl (C=O) groups excluding carboxylic acids is 1. The normalized spacial score (nSPS) is 10.6. The smallest absolute Gasteiger partial charge is 0.252 e. The molecule has 3 rings (SSSR count). The lowest BCUT2D eigenvalue weighted by atomic mass is 9.97. The summed E-state index contributed by atoms with van der Waals surface area (Å²) in [5.74, 6) is -0.221. The Kier molecular flexibility index (Phi) is 5.28. The maximum atomic E-state index is 11.9. The summed E-state index contributed by atoms with van der Waals surface area (Å²) in [4.78, 5) is 25.2. The number of amides is 1. The summed E-state index contributed by atoms with van der Waals surface area (Å²) in [6.07, 6.45) is 4.15. The second-order valence-electron chi connectivity index (χ2n) is 5.86. The Hall–Kier alpha value is -2.79. The standard InChI is InChI=1S/C20H19ClN4O/c1-4-17-18(14-6-5-12(2)23-10-14)19(25-11-24-17)13-7-8-15(16(21)9-13)20(26)22-3/h5-11H,4H2,1-3H3,(H,22,26). The average molecular weight is 367 g/mol. The number of rotatable bonds is 4. The van der Waals surface area contributed by atoms with Crippen LogP contribution in [-0.2, 0) is 6.42 Å². The second-order valence-corrected chi connectivity index (χ2v) is 6.27. The molecule has 6 heteroatoms. The SMILES string of the molecule is CCc1ncnc(-c2ccc(C(=O)NC)c(Cl)c2)c1-c1ccc(C)nc1. The molecule has 26 heavy (non-hydrogen) atoms. The summed E-state index contributed by atoms with van der Waals surface area (Å²) in [6.45, 7) is 4.00. The first-order chi connectivity index (χ1) is 12.5. The molecule has 0 radical (unpaired) electrons. The third-order valence-electron chi connectivity index (χ3n) is 4.17. The van der Waals surface area contributed by atoms with E-state index in [0.29, 0.717) is 10.6 Å². The van der Waals surface area contributed by atoms with Gasteiger partial charge < -0.3 is 5.32 Å². The fraction of sp³-hybridized carbons (Fsp3) is 0.200. The third-order valence-corrected chi connectivity index (χ3v) is 4.49. The van der Waals surface area contributed by atoms with Crippen molar-refractivity contribution in [2.75, 3.05) is 7.05 Å². The van der Waals surface area contributed by atoms with Crippen LogP contribution in [0.3, 0.4) is 0 Å². The minimum absolute atomic E-state index is 0.221. The van der Waals surface area contributed by atoms with Gasteiger partial charge >= 0.3 is 0 Å². The van der Waals surface area contributed by atoms with Gasteiger partial charge in [-0.25, -0.2) is 9.97 Å². The van der Waals surface area contributed by atoms with Crippen LogP contribution in [0, 0.1) is 6.92 Å². The molecule has 0 aliphatic heterocycles. The first-order valence-corrected chi connectivity index (χ1v) is 8.71. The number of aromatic nitrogens is 3. The van der Waals surface area contributed by atoms with Crippen molar-refractivity contribution in [3.8, 4) is 22.4 Å². The summed E-state index contributed by atoms with van der Waals surface area (Å²) < 4.78 is 0. The van der Waals surface area contributed by atoms with Crippen molar-refractivity contribution < 1.29 is 4.79 Å². The molecule has 0 atom stereocenters. The molecule has 0 saturated carbocycles. The van der Waals surface area contributed by atoms with Crippen molar-refractivity contribution >= 4 is 17.5 Å². The van der Waals surface area contributed by atoms with Crippen LogP contribution < -0.4 is 5.32 Å². The summed E-state index contributed by atoms with van der Waals surface area (Å²) >= 11 is 6.33. The fourth-order valence-electron chi connectivity index (χ4n) is 2.81. The van der Waals surface area contributed by atoms with E-state index in [2.05, 4.69) is 27.2 Å². The molecule has 3 aromatic rings. The molecular formula is C20H19ClN4O. The van der Waals surface area contributed by atoms with Gasteiger partial charge in [-0.1, -0.05) is 30.7 Å². The first kappa shape index (κ1) is 18.0. The molecule has 1 N–H and O–H groups in total. The molecule has 2 aromatic heterocycles. The Bertz CT molecular complexity index is 955. The molecule has 0 fully saturated rings. The van der Waals surface area contributed by atoms with Crippen LogP contribution in [0.2, 0.25) is 5.02 Å². The quantitative estimate of drug-likeness (QED) is 0.755. The molecule has 2 heterocycles. The van der Waals surface area contributed by atoms with Gasteiger partial charge in [-0.2, -0.15) is 0 Å². The second kappa shape index (κ2) is 7.62. The molecular weight excluding hydrogens is 348 g/mol. The highest BCUT2D eigenvalue weighted by atomic mass is 35.5. The minimum Gasteiger partial charge on any atom is -0.355 e. The molecule has 0 aliphatic rings. The zero-order valence-electron chi connectivity index (χ0n) is 14.9. The van der Waals surface area contributed by atoms with E-state index in [1.807, 2.05) is 31.3 Å². The largest absolute Gasteiger partial charge is 0.355 e. The summed E-state index contributed by atoms with van der Waals surface area (Å²) in [5, 5.41) is 2.97. The lowest BCUT2D eigenvalue weighted by molar-refractivity contribution is 0.0963. The van der Waals surface area contributed by atoms with Gasteiger partial charge in [0.15, 0.2) is 0 Å². The van der Waals surface area contributed by atoms with Crippen LogP contribution in [0.15, 0.2) is 42.9 Å². The Balaban J connectivity index is 2.18. The van der Waals surface area contributed by atoms with Crippen LogP contribution >= 0.6 is 11.6 Å². The van der Waals surface area contributed by atoms with Gasteiger partial charge in [0.2, 0.25) is 0 Å². The molecule has 0 bridgehead atoms. The number of pyridine rings is 1. The number of carbonyl (C=O) groups is 1. The number of nitrogens with zero attached hydrogens (tertiary/aromatic N) is 3. The monoisotopic (exact) mass is 366 g/mol. The number of hydrogen-bond acceptors (Lipinski definition) is 4. The molecule has 1 aromatic carbocycles. The molecule has 5 nitrogen and oxygen atoms in total. The van der Waals surface area contributed by atoms with Gasteiger partial charge in [-0.05, 0) is 31.5 Å². The zero-order chi connectivity index (χ0) is 18.7. The molecule has 0 unspecified atom stereocenters. The van der Waals surface area contributed by atoms with Crippen LogP contribution in [-0.4, -0.2) is 27.9 Å². The minimum atomic E-state index is -0.221. The lowest BCUT2D eigenvalue weighted by Gasteiger charge is -2.13. The zero-order valence-corrected chi connectivity index (χ0v) is 15.6. The maximum absolute atomic E-state index is 11.9. The van der Waals surface area contributed by atoms with Gasteiger partial charge in [-0.3, -0.25) is 9.78 Å². The van der Waals surface area contributed by atoms with Crippen LogP contribution in [0.25, 0.3) is 22.4 Å². The average Bonchev–Trinajstić information content (AvgIpc) is 2.67. The van der Waals surface area contributed by atoms with Gasteiger partial charge in [-0.15, -0.1) is 0 Å². The van der Waals surface area contributed by atoms with E-state index < -0.39 is 0 Å².